The second kappa shape index (κ2) is 5.74. The summed E-state index contributed by atoms with van der Waals surface area (Å²) < 4.78 is 1.22. The van der Waals surface area contributed by atoms with E-state index in [1.165, 1.54) is 20.4 Å². The fraction of sp³-hybridized carbons (Fsp3) is 0.294. The Balaban J connectivity index is 1.77. The van der Waals surface area contributed by atoms with Gasteiger partial charge in [-0.05, 0) is 63.9 Å². The number of likely N-dealkylation sites (N-methyl/N-ethyl adjacent to an activating group) is 1. The molecule has 1 aliphatic heterocycles. The molecule has 0 aromatic heterocycles. The highest BCUT2D eigenvalue weighted by Gasteiger charge is 2.17. The van der Waals surface area contributed by atoms with E-state index in [4.69, 9.17) is 0 Å². The molecule has 0 saturated heterocycles. The third-order valence-corrected chi connectivity index (χ3v) is 4.68. The largest absolute Gasteiger partial charge is 0.388 e. The zero-order chi connectivity index (χ0) is 14.1. The van der Waals surface area contributed by atoms with Crippen LogP contribution in [0.25, 0.3) is 0 Å². The lowest BCUT2D eigenvalue weighted by Crippen LogP contribution is -2.12. The molecule has 0 aliphatic carbocycles. The molecule has 104 valence electrons. The zero-order valence-corrected chi connectivity index (χ0v) is 13.7. The summed E-state index contributed by atoms with van der Waals surface area (Å²) in [5.74, 6) is 0. The van der Waals surface area contributed by atoms with Gasteiger partial charge >= 0.3 is 0 Å². The van der Waals surface area contributed by atoms with E-state index < -0.39 is 6.10 Å². The van der Waals surface area contributed by atoms with E-state index in [9.17, 15) is 5.11 Å². The zero-order valence-electron chi connectivity index (χ0n) is 11.5. The summed E-state index contributed by atoms with van der Waals surface area (Å²) >= 11 is 2.30. The Hall–Kier alpha value is -1.07. The van der Waals surface area contributed by atoms with Crippen LogP contribution >= 0.6 is 22.6 Å². The number of anilines is 1. The molecule has 0 fully saturated rings. The number of halogens is 1. The number of hydrogen-bond donors (Lipinski definition) is 1. The number of aliphatic hydroxyl groups excluding tert-OH is 1. The first-order valence-corrected chi connectivity index (χ1v) is 7.98. The molecule has 3 heteroatoms. The van der Waals surface area contributed by atoms with E-state index in [0.717, 1.165) is 18.5 Å². The molecule has 2 aromatic rings. The normalized spacial score (nSPS) is 15.2. The summed E-state index contributed by atoms with van der Waals surface area (Å²) in [4.78, 5) is 2.27. The van der Waals surface area contributed by atoms with E-state index in [1.807, 2.05) is 0 Å². The maximum absolute atomic E-state index is 10.4. The van der Waals surface area contributed by atoms with Crippen molar-refractivity contribution in [2.75, 3.05) is 18.5 Å². The monoisotopic (exact) mass is 379 g/mol. The third-order valence-electron chi connectivity index (χ3n) is 3.96. The van der Waals surface area contributed by atoms with E-state index in [0.29, 0.717) is 6.42 Å². The van der Waals surface area contributed by atoms with Gasteiger partial charge in [0.2, 0.25) is 0 Å². The van der Waals surface area contributed by atoms with Crippen LogP contribution in [0.3, 0.4) is 0 Å². The van der Waals surface area contributed by atoms with E-state index in [1.54, 1.807) is 0 Å². The highest BCUT2D eigenvalue weighted by molar-refractivity contribution is 14.1. The van der Waals surface area contributed by atoms with Crippen LogP contribution < -0.4 is 4.90 Å². The summed E-state index contributed by atoms with van der Waals surface area (Å²) in [6.07, 6.45) is 1.33. The van der Waals surface area contributed by atoms with Crippen molar-refractivity contribution in [1.82, 2.24) is 0 Å². The fourth-order valence-corrected chi connectivity index (χ4v) is 3.12. The average Bonchev–Trinajstić information content (AvgIpc) is 2.82. The predicted molar refractivity (Wildman–Crippen MR) is 91.2 cm³/mol. The molecule has 1 unspecified atom stereocenters. The molecule has 1 atom stereocenters. The van der Waals surface area contributed by atoms with Gasteiger partial charge in [0.25, 0.3) is 0 Å². The Bertz CT molecular complexity index is 609. The predicted octanol–water partition coefficient (Wildman–Crippen LogP) is 3.56. The lowest BCUT2D eigenvalue weighted by molar-refractivity contribution is 0.178. The van der Waals surface area contributed by atoms with Crippen molar-refractivity contribution >= 4 is 28.3 Å². The van der Waals surface area contributed by atoms with Crippen LogP contribution in [0.15, 0.2) is 42.5 Å². The van der Waals surface area contributed by atoms with E-state index >= 15 is 0 Å². The minimum Gasteiger partial charge on any atom is -0.388 e. The minimum absolute atomic E-state index is 0.425. The second-order valence-corrected chi connectivity index (χ2v) is 6.65. The first-order valence-electron chi connectivity index (χ1n) is 6.90. The number of benzene rings is 2. The van der Waals surface area contributed by atoms with Crippen LogP contribution in [-0.2, 0) is 12.8 Å². The Morgan fingerprint density at radius 2 is 1.95 bits per heavy atom. The number of rotatable bonds is 3. The van der Waals surface area contributed by atoms with Crippen LogP contribution in [0, 0.1) is 3.57 Å². The molecule has 3 rings (SSSR count). The van der Waals surface area contributed by atoms with Crippen LogP contribution in [-0.4, -0.2) is 18.7 Å². The first-order chi connectivity index (χ1) is 9.63. The van der Waals surface area contributed by atoms with Gasteiger partial charge in [0.1, 0.15) is 0 Å². The second-order valence-electron chi connectivity index (χ2n) is 5.41. The van der Waals surface area contributed by atoms with Gasteiger partial charge in [-0.25, -0.2) is 0 Å². The van der Waals surface area contributed by atoms with Crippen LogP contribution in [0.2, 0.25) is 0 Å². The number of hydrogen-bond acceptors (Lipinski definition) is 2. The molecular weight excluding hydrogens is 361 g/mol. The maximum atomic E-state index is 10.4. The van der Waals surface area contributed by atoms with Crippen molar-refractivity contribution in [3.8, 4) is 0 Å². The van der Waals surface area contributed by atoms with Crippen molar-refractivity contribution in [2.45, 2.75) is 18.9 Å². The van der Waals surface area contributed by atoms with Crippen molar-refractivity contribution < 1.29 is 5.11 Å². The van der Waals surface area contributed by atoms with Crippen molar-refractivity contribution in [3.63, 3.8) is 0 Å². The number of nitrogens with zero attached hydrogens (tertiary/aromatic N) is 1. The molecule has 1 aliphatic rings. The number of aliphatic hydroxyl groups is 1. The smallest absolute Gasteiger partial charge is 0.0830 e. The van der Waals surface area contributed by atoms with Crippen LogP contribution in [0.4, 0.5) is 5.69 Å². The molecule has 1 heterocycles. The van der Waals surface area contributed by atoms with Gasteiger partial charge < -0.3 is 10.0 Å². The third kappa shape index (κ3) is 2.83. The summed E-state index contributed by atoms with van der Waals surface area (Å²) in [7, 11) is 2.12. The van der Waals surface area contributed by atoms with Gasteiger partial charge in [-0.1, -0.05) is 24.3 Å². The molecule has 0 amide bonds. The molecule has 2 nitrogen and oxygen atoms in total. The van der Waals surface area contributed by atoms with Gasteiger partial charge in [0.05, 0.1) is 6.10 Å². The summed E-state index contributed by atoms with van der Waals surface area (Å²) in [6.45, 7) is 1.08. The Labute approximate surface area is 133 Å². The molecule has 0 saturated carbocycles. The molecule has 1 N–H and O–H groups in total. The van der Waals surface area contributed by atoms with Crippen LogP contribution in [0.5, 0.6) is 0 Å². The quantitative estimate of drug-likeness (QED) is 0.825. The Morgan fingerprint density at radius 1 is 1.20 bits per heavy atom. The fourth-order valence-electron chi connectivity index (χ4n) is 2.76. The molecule has 0 bridgehead atoms. The average molecular weight is 379 g/mol. The Kier molecular flexibility index (Phi) is 3.98. The lowest BCUT2D eigenvalue weighted by Gasteiger charge is -2.15. The first kappa shape index (κ1) is 13.9. The SMILES string of the molecule is CN1CCc2cc(C(O)Cc3ccc(I)cc3)ccc21. The van der Waals surface area contributed by atoms with Gasteiger partial charge in [-0.2, -0.15) is 0 Å². The highest BCUT2D eigenvalue weighted by atomic mass is 127. The molecule has 0 spiro atoms. The van der Waals surface area contributed by atoms with Gasteiger partial charge in [-0.3, -0.25) is 0 Å². The molecule has 2 aromatic carbocycles. The Morgan fingerprint density at radius 3 is 2.70 bits per heavy atom. The van der Waals surface area contributed by atoms with Crippen molar-refractivity contribution in [2.24, 2.45) is 0 Å². The van der Waals surface area contributed by atoms with Gasteiger partial charge in [0.15, 0.2) is 0 Å². The topological polar surface area (TPSA) is 23.5 Å². The summed E-state index contributed by atoms with van der Waals surface area (Å²) in [5, 5.41) is 10.4. The highest BCUT2D eigenvalue weighted by Crippen LogP contribution is 2.30. The maximum Gasteiger partial charge on any atom is 0.0830 e. The molecule has 0 radical (unpaired) electrons. The van der Waals surface area contributed by atoms with Gasteiger partial charge in [-0.15, -0.1) is 0 Å². The molecular formula is C17H18INO. The van der Waals surface area contributed by atoms with Gasteiger partial charge in [0, 0.05) is 29.3 Å². The standard InChI is InChI=1S/C17H18INO/c1-19-9-8-13-11-14(4-7-16(13)19)17(20)10-12-2-5-15(18)6-3-12/h2-7,11,17,20H,8-10H2,1H3. The lowest BCUT2D eigenvalue weighted by atomic mass is 9.99. The van der Waals surface area contributed by atoms with Crippen molar-refractivity contribution in [3.05, 3.63) is 62.7 Å². The minimum atomic E-state index is -0.425. The van der Waals surface area contributed by atoms with Crippen LogP contribution in [0.1, 0.15) is 22.8 Å². The summed E-state index contributed by atoms with van der Waals surface area (Å²) in [6, 6.07) is 14.7. The number of fused-ring (bicyclic) bond motifs is 1. The van der Waals surface area contributed by atoms with Crippen molar-refractivity contribution in [1.29, 1.82) is 0 Å². The summed E-state index contributed by atoms with van der Waals surface area (Å²) in [5.41, 5.74) is 4.86. The van der Waals surface area contributed by atoms with E-state index in [-0.39, 0.29) is 0 Å². The van der Waals surface area contributed by atoms with E-state index in [2.05, 4.69) is 77.0 Å². The molecule has 20 heavy (non-hydrogen) atoms.